The van der Waals surface area contributed by atoms with Crippen molar-refractivity contribution in [3.05, 3.63) is 18.8 Å². The first kappa shape index (κ1) is 10.1. The van der Waals surface area contributed by atoms with Crippen LogP contribution in [0.1, 0.15) is 51.4 Å². The number of allylic oxidation sites excluding steroid dienone is 1. The fraction of sp³-hybridized carbons (Fsp3) is 0.769. The molecule has 1 saturated carbocycles. The number of hydrogen-bond acceptors (Lipinski definition) is 1. The average Bonchev–Trinajstić information content (AvgIpc) is 2.18. The summed E-state index contributed by atoms with van der Waals surface area (Å²) in [5.74, 6) is 1.79. The molecule has 14 heavy (non-hydrogen) atoms. The summed E-state index contributed by atoms with van der Waals surface area (Å²) in [5.41, 5.74) is 0. The minimum Gasteiger partial charge on any atom is -0.386 e. The summed E-state index contributed by atoms with van der Waals surface area (Å²) in [5, 5.41) is 3.18. The van der Waals surface area contributed by atoms with Gasteiger partial charge in [-0.1, -0.05) is 38.2 Å². The van der Waals surface area contributed by atoms with Crippen LogP contribution in [0.25, 0.3) is 0 Å². The highest BCUT2D eigenvalue weighted by molar-refractivity contribution is 4.98. The fourth-order valence-corrected chi connectivity index (χ4v) is 2.80. The molecule has 1 heterocycles. The molecule has 1 N–H and O–H groups in total. The molecule has 0 aromatic rings. The van der Waals surface area contributed by atoms with Crippen molar-refractivity contribution in [2.24, 2.45) is 11.8 Å². The summed E-state index contributed by atoms with van der Waals surface area (Å²) in [6.07, 6.45) is 16.0. The molecular weight excluding hydrogens is 170 g/mol. The standard InChI is InChI=1S/C13H22N/c1-2-4-6-12(7-5-3-1)13-8-10-14-11-9-13/h8,10-14H,1-7,9H2. The highest BCUT2D eigenvalue weighted by atomic mass is 14.8. The van der Waals surface area contributed by atoms with Crippen LogP contribution in [-0.2, 0) is 0 Å². The summed E-state index contributed by atoms with van der Waals surface area (Å²) in [7, 11) is 0. The Kier molecular flexibility index (Phi) is 3.90. The van der Waals surface area contributed by atoms with Gasteiger partial charge in [0.2, 0.25) is 0 Å². The van der Waals surface area contributed by atoms with Gasteiger partial charge in [0, 0.05) is 6.54 Å². The molecule has 1 heteroatoms. The van der Waals surface area contributed by atoms with Crippen molar-refractivity contribution in [1.29, 1.82) is 0 Å². The van der Waals surface area contributed by atoms with E-state index >= 15 is 0 Å². The first-order chi connectivity index (χ1) is 6.97. The van der Waals surface area contributed by atoms with Crippen LogP contribution in [0.15, 0.2) is 12.3 Å². The molecule has 2 rings (SSSR count). The van der Waals surface area contributed by atoms with E-state index < -0.39 is 0 Å². The average molecular weight is 192 g/mol. The minimum absolute atomic E-state index is 0.828. The molecule has 1 nitrogen and oxygen atoms in total. The van der Waals surface area contributed by atoms with Gasteiger partial charge in [0.15, 0.2) is 0 Å². The van der Waals surface area contributed by atoms with Gasteiger partial charge in [-0.25, -0.2) is 0 Å². The largest absolute Gasteiger partial charge is 0.386 e. The van der Waals surface area contributed by atoms with E-state index in [9.17, 15) is 0 Å². The van der Waals surface area contributed by atoms with E-state index in [0.29, 0.717) is 0 Å². The van der Waals surface area contributed by atoms with Crippen LogP contribution < -0.4 is 5.32 Å². The molecule has 1 unspecified atom stereocenters. The molecule has 79 valence electrons. The third-order valence-corrected chi connectivity index (χ3v) is 3.70. The zero-order chi connectivity index (χ0) is 9.64. The normalized spacial score (nSPS) is 30.4. The quantitative estimate of drug-likeness (QED) is 0.669. The van der Waals surface area contributed by atoms with Crippen molar-refractivity contribution in [1.82, 2.24) is 5.32 Å². The Hall–Kier alpha value is -0.460. The summed E-state index contributed by atoms with van der Waals surface area (Å²) in [6, 6.07) is 0. The van der Waals surface area contributed by atoms with Gasteiger partial charge in [-0.15, -0.1) is 0 Å². The molecule has 1 aliphatic carbocycles. The van der Waals surface area contributed by atoms with Crippen molar-refractivity contribution < 1.29 is 0 Å². The van der Waals surface area contributed by atoms with E-state index in [4.69, 9.17) is 0 Å². The molecular formula is C13H22N. The molecule has 1 radical (unpaired) electrons. The maximum Gasteiger partial charge on any atom is 0.0462 e. The molecule has 1 fully saturated rings. The Balaban J connectivity index is 1.86. The molecule has 0 saturated heterocycles. The fourth-order valence-electron chi connectivity index (χ4n) is 2.80. The zero-order valence-electron chi connectivity index (χ0n) is 9.04. The number of hydrogen-bond donors (Lipinski definition) is 1. The van der Waals surface area contributed by atoms with Gasteiger partial charge in [-0.05, 0) is 37.3 Å². The third kappa shape index (κ3) is 2.76. The summed E-state index contributed by atoms with van der Waals surface area (Å²) < 4.78 is 0. The molecule has 1 aliphatic heterocycles. The predicted octanol–water partition coefficient (Wildman–Crippen LogP) is 3.63. The predicted molar refractivity (Wildman–Crippen MR) is 60.5 cm³/mol. The molecule has 0 bridgehead atoms. The SMILES string of the molecule is [CH]1CC(C2CCCCCCC2)C=CN1. The van der Waals surface area contributed by atoms with Crippen LogP contribution in [0.4, 0.5) is 0 Å². The summed E-state index contributed by atoms with van der Waals surface area (Å²) in [6.45, 7) is 2.21. The smallest absolute Gasteiger partial charge is 0.0462 e. The van der Waals surface area contributed by atoms with E-state index in [-0.39, 0.29) is 0 Å². The lowest BCUT2D eigenvalue weighted by Gasteiger charge is -2.28. The van der Waals surface area contributed by atoms with Crippen LogP contribution in [-0.4, -0.2) is 0 Å². The number of rotatable bonds is 1. The van der Waals surface area contributed by atoms with Crippen molar-refractivity contribution in [2.75, 3.05) is 0 Å². The lowest BCUT2D eigenvalue weighted by atomic mass is 9.79. The van der Waals surface area contributed by atoms with Gasteiger partial charge in [0.25, 0.3) is 0 Å². The van der Waals surface area contributed by atoms with Gasteiger partial charge < -0.3 is 5.32 Å². The van der Waals surface area contributed by atoms with Crippen molar-refractivity contribution in [2.45, 2.75) is 51.4 Å². The third-order valence-electron chi connectivity index (χ3n) is 3.70. The van der Waals surface area contributed by atoms with Crippen LogP contribution in [0.5, 0.6) is 0 Å². The van der Waals surface area contributed by atoms with Gasteiger partial charge in [0.1, 0.15) is 0 Å². The Morgan fingerprint density at radius 1 is 0.929 bits per heavy atom. The van der Waals surface area contributed by atoms with E-state index in [1.165, 1.54) is 51.4 Å². The lowest BCUT2D eigenvalue weighted by Crippen LogP contribution is -2.20. The Labute approximate surface area is 88.0 Å². The lowest BCUT2D eigenvalue weighted by molar-refractivity contribution is 0.296. The summed E-state index contributed by atoms with van der Waals surface area (Å²) in [4.78, 5) is 0. The van der Waals surface area contributed by atoms with E-state index in [2.05, 4.69) is 24.1 Å². The monoisotopic (exact) mass is 192 g/mol. The van der Waals surface area contributed by atoms with Crippen LogP contribution >= 0.6 is 0 Å². The second-order valence-electron chi connectivity index (χ2n) is 4.73. The van der Waals surface area contributed by atoms with E-state index in [1.54, 1.807) is 0 Å². The van der Waals surface area contributed by atoms with Crippen LogP contribution in [0.3, 0.4) is 0 Å². The first-order valence-corrected chi connectivity index (χ1v) is 6.21. The topological polar surface area (TPSA) is 12.0 Å². The van der Waals surface area contributed by atoms with Crippen molar-refractivity contribution in [3.63, 3.8) is 0 Å². The Morgan fingerprint density at radius 2 is 1.64 bits per heavy atom. The Morgan fingerprint density at radius 3 is 2.29 bits per heavy atom. The number of nitrogens with one attached hydrogen (secondary N) is 1. The first-order valence-electron chi connectivity index (χ1n) is 6.21. The van der Waals surface area contributed by atoms with Crippen LogP contribution in [0, 0.1) is 18.4 Å². The van der Waals surface area contributed by atoms with Gasteiger partial charge in [0.05, 0.1) is 0 Å². The molecule has 0 spiro atoms. The molecule has 0 aromatic heterocycles. The second kappa shape index (κ2) is 5.43. The van der Waals surface area contributed by atoms with Gasteiger partial charge in [-0.3, -0.25) is 0 Å². The molecule has 1 atom stereocenters. The highest BCUT2D eigenvalue weighted by Crippen LogP contribution is 2.32. The summed E-state index contributed by atoms with van der Waals surface area (Å²) >= 11 is 0. The van der Waals surface area contributed by atoms with Crippen molar-refractivity contribution >= 4 is 0 Å². The zero-order valence-corrected chi connectivity index (χ0v) is 9.04. The highest BCUT2D eigenvalue weighted by Gasteiger charge is 2.20. The van der Waals surface area contributed by atoms with Crippen LogP contribution in [0.2, 0.25) is 0 Å². The minimum atomic E-state index is 0.828. The van der Waals surface area contributed by atoms with E-state index in [0.717, 1.165) is 11.8 Å². The maximum absolute atomic E-state index is 3.18. The molecule has 0 aromatic carbocycles. The van der Waals surface area contributed by atoms with Gasteiger partial charge >= 0.3 is 0 Å². The maximum atomic E-state index is 3.18. The van der Waals surface area contributed by atoms with Gasteiger partial charge in [-0.2, -0.15) is 0 Å². The van der Waals surface area contributed by atoms with Crippen molar-refractivity contribution in [3.8, 4) is 0 Å². The molecule has 0 amide bonds. The molecule has 2 aliphatic rings. The Bertz CT molecular complexity index is 178. The second-order valence-corrected chi connectivity index (χ2v) is 4.73. The van der Waals surface area contributed by atoms with E-state index in [1.807, 2.05) is 0 Å².